The van der Waals surface area contributed by atoms with E-state index in [4.69, 9.17) is 0 Å². The first-order chi connectivity index (χ1) is 11.7. The highest BCUT2D eigenvalue weighted by molar-refractivity contribution is 9.10. The van der Waals surface area contributed by atoms with E-state index in [9.17, 15) is 0 Å². The average molecular weight is 392 g/mol. The van der Waals surface area contributed by atoms with Gasteiger partial charge in [-0.1, -0.05) is 13.8 Å². The molecule has 130 valence electrons. The number of aromatic nitrogens is 2. The van der Waals surface area contributed by atoms with Gasteiger partial charge in [-0.15, -0.1) is 0 Å². The fourth-order valence-electron chi connectivity index (χ4n) is 3.23. The van der Waals surface area contributed by atoms with E-state index < -0.39 is 0 Å². The van der Waals surface area contributed by atoms with Crippen molar-refractivity contribution < 1.29 is 0 Å². The first kappa shape index (κ1) is 17.6. The molecule has 1 unspecified atom stereocenters. The van der Waals surface area contributed by atoms with E-state index in [1.165, 1.54) is 32.7 Å². The first-order valence-corrected chi connectivity index (χ1v) is 9.54. The van der Waals surface area contributed by atoms with Gasteiger partial charge in [0.1, 0.15) is 5.52 Å². The van der Waals surface area contributed by atoms with Gasteiger partial charge in [-0.05, 0) is 40.5 Å². The Morgan fingerprint density at radius 1 is 1.21 bits per heavy atom. The molecule has 24 heavy (non-hydrogen) atoms. The largest absolute Gasteiger partial charge is 0.383 e. The molecule has 1 fully saturated rings. The van der Waals surface area contributed by atoms with Crippen LogP contribution in [0.3, 0.4) is 0 Å². The quantitative estimate of drug-likeness (QED) is 0.819. The molecular formula is C18H26BrN5. The Morgan fingerprint density at radius 2 is 1.96 bits per heavy atom. The summed E-state index contributed by atoms with van der Waals surface area (Å²) in [5, 5.41) is 3.56. The first-order valence-electron chi connectivity index (χ1n) is 8.74. The molecule has 0 radical (unpaired) electrons. The third kappa shape index (κ3) is 4.43. The lowest BCUT2D eigenvalue weighted by atomic mass is 10.1. The Balaban J connectivity index is 1.54. The Bertz CT molecular complexity index is 670. The van der Waals surface area contributed by atoms with Crippen LogP contribution in [0, 0.1) is 5.92 Å². The summed E-state index contributed by atoms with van der Waals surface area (Å²) in [6, 6.07) is 4.01. The molecule has 0 amide bonds. The van der Waals surface area contributed by atoms with Crippen molar-refractivity contribution in [1.82, 2.24) is 19.8 Å². The number of nitrogens with zero attached hydrogens (tertiary/aromatic N) is 4. The lowest BCUT2D eigenvalue weighted by Gasteiger charge is -2.35. The van der Waals surface area contributed by atoms with E-state index in [1.54, 1.807) is 0 Å². The number of likely N-dealkylation sites (N-methyl/N-ethyl adjacent to an activating group) is 1. The minimum absolute atomic E-state index is 0.594. The van der Waals surface area contributed by atoms with Crippen molar-refractivity contribution in [3.8, 4) is 0 Å². The third-order valence-corrected chi connectivity index (χ3v) is 5.10. The van der Waals surface area contributed by atoms with Gasteiger partial charge in [0.2, 0.25) is 0 Å². The fraction of sp³-hybridized carbons (Fsp3) is 0.556. The Labute approximate surface area is 152 Å². The molecule has 0 bridgehead atoms. The van der Waals surface area contributed by atoms with Crippen molar-refractivity contribution in [3.63, 3.8) is 0 Å². The van der Waals surface area contributed by atoms with Crippen molar-refractivity contribution >= 4 is 32.7 Å². The second kappa shape index (κ2) is 8.23. The summed E-state index contributed by atoms with van der Waals surface area (Å²) in [5.41, 5.74) is 2.91. The van der Waals surface area contributed by atoms with E-state index in [0.29, 0.717) is 5.92 Å². The maximum atomic E-state index is 4.50. The number of nitrogens with one attached hydrogen (secondary N) is 1. The molecule has 1 N–H and O–H groups in total. The number of fused-ring (bicyclic) bond motifs is 1. The molecule has 0 saturated carbocycles. The van der Waals surface area contributed by atoms with E-state index in [2.05, 4.69) is 54.9 Å². The minimum Gasteiger partial charge on any atom is -0.383 e. The van der Waals surface area contributed by atoms with Gasteiger partial charge < -0.3 is 15.1 Å². The molecule has 1 saturated heterocycles. The lowest BCUT2D eigenvalue weighted by molar-refractivity contribution is 0.126. The minimum atomic E-state index is 0.594. The molecule has 1 aliphatic rings. The maximum Gasteiger partial charge on any atom is 0.112 e. The zero-order chi connectivity index (χ0) is 16.9. The van der Waals surface area contributed by atoms with Gasteiger partial charge in [-0.3, -0.25) is 9.97 Å². The van der Waals surface area contributed by atoms with Crippen LogP contribution in [0.15, 0.2) is 29.0 Å². The lowest BCUT2D eigenvalue weighted by Crippen LogP contribution is -2.47. The van der Waals surface area contributed by atoms with Crippen LogP contribution in [-0.2, 0) is 0 Å². The molecule has 3 heterocycles. The van der Waals surface area contributed by atoms with Gasteiger partial charge in [-0.2, -0.15) is 0 Å². The van der Waals surface area contributed by atoms with E-state index in [0.717, 1.165) is 34.3 Å². The Kier molecular flexibility index (Phi) is 6.03. The number of hydrogen-bond acceptors (Lipinski definition) is 5. The van der Waals surface area contributed by atoms with E-state index in [1.807, 2.05) is 24.5 Å². The number of rotatable bonds is 6. The van der Waals surface area contributed by atoms with Crippen LogP contribution in [0.1, 0.15) is 13.8 Å². The van der Waals surface area contributed by atoms with E-state index >= 15 is 0 Å². The fourth-order valence-corrected chi connectivity index (χ4v) is 3.55. The van der Waals surface area contributed by atoms with Crippen molar-refractivity contribution in [1.29, 1.82) is 0 Å². The van der Waals surface area contributed by atoms with Crippen molar-refractivity contribution in [2.24, 2.45) is 5.92 Å². The molecule has 0 spiro atoms. The molecule has 0 aromatic carbocycles. The molecular weight excluding hydrogens is 366 g/mol. The molecule has 2 aromatic rings. The Morgan fingerprint density at radius 3 is 2.71 bits per heavy atom. The molecule has 1 atom stereocenters. The second-order valence-corrected chi connectivity index (χ2v) is 7.52. The standard InChI is InChI=1S/C18H26BrN5/c1-3-23-6-8-24(9-7-23)13-14(2)11-21-16-4-5-20-17-10-15(19)12-22-18(16)17/h4-5,10,12,14H,3,6-9,11,13H2,1-2H3,(H,20,21). The summed E-state index contributed by atoms with van der Waals surface area (Å²) in [6.07, 6.45) is 3.67. The SMILES string of the molecule is CCN1CCN(CC(C)CNc2ccnc3cc(Br)cnc23)CC1. The van der Waals surface area contributed by atoms with Crippen molar-refractivity contribution in [2.45, 2.75) is 13.8 Å². The number of hydrogen-bond donors (Lipinski definition) is 1. The van der Waals surface area contributed by atoms with Gasteiger partial charge in [-0.25, -0.2) is 0 Å². The number of piperazine rings is 1. The molecule has 5 nitrogen and oxygen atoms in total. The van der Waals surface area contributed by atoms with E-state index in [-0.39, 0.29) is 0 Å². The molecule has 1 aliphatic heterocycles. The summed E-state index contributed by atoms with van der Waals surface area (Å²) in [4.78, 5) is 14.0. The highest BCUT2D eigenvalue weighted by Crippen LogP contribution is 2.22. The van der Waals surface area contributed by atoms with Gasteiger partial charge in [0, 0.05) is 56.1 Å². The average Bonchev–Trinajstić information content (AvgIpc) is 2.60. The predicted molar refractivity (Wildman–Crippen MR) is 103 cm³/mol. The van der Waals surface area contributed by atoms with Crippen molar-refractivity contribution in [3.05, 3.63) is 29.0 Å². The molecule has 0 aliphatic carbocycles. The number of anilines is 1. The van der Waals surface area contributed by atoms with Crippen LogP contribution in [0.5, 0.6) is 0 Å². The summed E-state index contributed by atoms with van der Waals surface area (Å²) in [5.74, 6) is 0.594. The number of halogens is 1. The zero-order valence-corrected chi connectivity index (χ0v) is 16.1. The van der Waals surface area contributed by atoms with Crippen LogP contribution in [0.2, 0.25) is 0 Å². The predicted octanol–water partition coefficient (Wildman–Crippen LogP) is 3.08. The van der Waals surface area contributed by atoms with Gasteiger partial charge in [0.25, 0.3) is 0 Å². The highest BCUT2D eigenvalue weighted by Gasteiger charge is 2.17. The smallest absolute Gasteiger partial charge is 0.112 e. The summed E-state index contributed by atoms with van der Waals surface area (Å²) in [7, 11) is 0. The van der Waals surface area contributed by atoms with Crippen LogP contribution in [0.25, 0.3) is 11.0 Å². The monoisotopic (exact) mass is 391 g/mol. The van der Waals surface area contributed by atoms with Crippen LogP contribution in [0.4, 0.5) is 5.69 Å². The maximum absolute atomic E-state index is 4.50. The topological polar surface area (TPSA) is 44.3 Å². The van der Waals surface area contributed by atoms with Crippen molar-refractivity contribution in [2.75, 3.05) is 51.1 Å². The molecule has 6 heteroatoms. The van der Waals surface area contributed by atoms with Gasteiger partial charge >= 0.3 is 0 Å². The summed E-state index contributed by atoms with van der Waals surface area (Å²) in [6.45, 7) is 12.6. The van der Waals surface area contributed by atoms with Crippen LogP contribution < -0.4 is 5.32 Å². The number of pyridine rings is 2. The van der Waals surface area contributed by atoms with Gasteiger partial charge in [0.15, 0.2) is 0 Å². The van der Waals surface area contributed by atoms with Crippen LogP contribution in [-0.4, -0.2) is 65.6 Å². The molecule has 3 rings (SSSR count). The zero-order valence-electron chi connectivity index (χ0n) is 14.5. The second-order valence-electron chi connectivity index (χ2n) is 6.60. The summed E-state index contributed by atoms with van der Waals surface area (Å²) < 4.78 is 0.958. The summed E-state index contributed by atoms with van der Waals surface area (Å²) >= 11 is 3.45. The van der Waals surface area contributed by atoms with Gasteiger partial charge in [0.05, 0.1) is 11.2 Å². The third-order valence-electron chi connectivity index (χ3n) is 4.67. The molecule has 2 aromatic heterocycles. The Hall–Kier alpha value is -1.24. The van der Waals surface area contributed by atoms with Crippen LogP contribution >= 0.6 is 15.9 Å². The normalized spacial score (nSPS) is 18.0. The highest BCUT2D eigenvalue weighted by atomic mass is 79.9.